The van der Waals surface area contributed by atoms with Crippen LogP contribution in [0.25, 0.3) is 0 Å². The fraction of sp³-hybridized carbons (Fsp3) is 0.667. The van der Waals surface area contributed by atoms with Gasteiger partial charge in [0.1, 0.15) is 0 Å². The molecule has 2 atom stereocenters. The Labute approximate surface area is 91.3 Å². The van der Waals surface area contributed by atoms with Gasteiger partial charge >= 0.3 is 0 Å². The van der Waals surface area contributed by atoms with Crippen molar-refractivity contribution in [2.45, 2.75) is 37.8 Å². The SMILES string of the molecule is O[C@@H]1CCCCC1n1cc(I)cn1. The van der Waals surface area contributed by atoms with Crippen molar-refractivity contribution in [3.63, 3.8) is 0 Å². The molecular weight excluding hydrogens is 279 g/mol. The van der Waals surface area contributed by atoms with E-state index < -0.39 is 0 Å². The molecule has 1 saturated carbocycles. The molecule has 1 N–H and O–H groups in total. The summed E-state index contributed by atoms with van der Waals surface area (Å²) in [4.78, 5) is 0. The number of hydrogen-bond acceptors (Lipinski definition) is 2. The van der Waals surface area contributed by atoms with E-state index in [2.05, 4.69) is 27.7 Å². The molecule has 1 aliphatic carbocycles. The topological polar surface area (TPSA) is 38.0 Å². The molecule has 1 heterocycles. The molecule has 1 unspecified atom stereocenters. The second-order valence-electron chi connectivity index (χ2n) is 3.56. The normalized spacial score (nSPS) is 29.1. The van der Waals surface area contributed by atoms with E-state index in [0.29, 0.717) is 0 Å². The first-order valence-corrected chi connectivity index (χ1v) is 5.73. The Morgan fingerprint density at radius 2 is 2.23 bits per heavy atom. The average molecular weight is 292 g/mol. The van der Waals surface area contributed by atoms with Gasteiger partial charge in [0.2, 0.25) is 0 Å². The van der Waals surface area contributed by atoms with Crippen LogP contribution in [-0.4, -0.2) is 21.0 Å². The van der Waals surface area contributed by atoms with Gasteiger partial charge in [-0.25, -0.2) is 0 Å². The lowest BCUT2D eigenvalue weighted by molar-refractivity contribution is 0.0694. The van der Waals surface area contributed by atoms with Crippen molar-refractivity contribution < 1.29 is 5.11 Å². The third-order valence-corrected chi connectivity index (χ3v) is 3.16. The van der Waals surface area contributed by atoms with Gasteiger partial charge in [-0.05, 0) is 35.4 Å². The van der Waals surface area contributed by atoms with Gasteiger partial charge in [-0.3, -0.25) is 4.68 Å². The number of aliphatic hydroxyl groups is 1. The fourth-order valence-corrected chi connectivity index (χ4v) is 2.31. The lowest BCUT2D eigenvalue weighted by atomic mass is 9.93. The van der Waals surface area contributed by atoms with E-state index in [1.165, 1.54) is 6.42 Å². The molecule has 0 amide bonds. The summed E-state index contributed by atoms with van der Waals surface area (Å²) in [6.45, 7) is 0. The van der Waals surface area contributed by atoms with Crippen molar-refractivity contribution in [3.8, 4) is 0 Å². The molecule has 4 heteroatoms. The van der Waals surface area contributed by atoms with Crippen LogP contribution in [0.4, 0.5) is 0 Å². The highest BCUT2D eigenvalue weighted by Crippen LogP contribution is 2.28. The molecular formula is C9H13IN2O. The van der Waals surface area contributed by atoms with Crippen LogP contribution in [0.3, 0.4) is 0 Å². The van der Waals surface area contributed by atoms with Gasteiger partial charge in [0.15, 0.2) is 0 Å². The Kier molecular flexibility index (Phi) is 2.88. The summed E-state index contributed by atoms with van der Waals surface area (Å²) in [5.74, 6) is 0. The second-order valence-corrected chi connectivity index (χ2v) is 4.80. The van der Waals surface area contributed by atoms with E-state index in [1.807, 2.05) is 17.1 Å². The maximum atomic E-state index is 9.77. The summed E-state index contributed by atoms with van der Waals surface area (Å²) in [6, 6.07) is 0.206. The minimum Gasteiger partial charge on any atom is -0.391 e. The zero-order valence-corrected chi connectivity index (χ0v) is 9.51. The van der Waals surface area contributed by atoms with Crippen LogP contribution in [0.15, 0.2) is 12.4 Å². The third kappa shape index (κ3) is 2.04. The van der Waals surface area contributed by atoms with Crippen molar-refractivity contribution in [2.75, 3.05) is 0 Å². The smallest absolute Gasteiger partial charge is 0.0778 e. The minimum absolute atomic E-state index is 0.204. The van der Waals surface area contributed by atoms with Crippen LogP contribution in [0.2, 0.25) is 0 Å². The van der Waals surface area contributed by atoms with Crippen LogP contribution in [0.5, 0.6) is 0 Å². The molecule has 0 aromatic carbocycles. The predicted octanol–water partition coefficient (Wildman–Crippen LogP) is 1.96. The maximum Gasteiger partial charge on any atom is 0.0778 e. The Morgan fingerprint density at radius 3 is 2.85 bits per heavy atom. The number of aromatic nitrogens is 2. The molecule has 0 spiro atoms. The summed E-state index contributed by atoms with van der Waals surface area (Å²) < 4.78 is 3.04. The Hall–Kier alpha value is -0.100. The number of nitrogens with zero attached hydrogens (tertiary/aromatic N) is 2. The molecule has 2 rings (SSSR count). The molecule has 0 radical (unpaired) electrons. The van der Waals surface area contributed by atoms with Crippen LogP contribution in [-0.2, 0) is 0 Å². The average Bonchev–Trinajstić information content (AvgIpc) is 2.53. The standard InChI is InChI=1S/C9H13IN2O/c10-7-5-11-12(6-7)8-3-1-2-4-9(8)13/h5-6,8-9,13H,1-4H2/t8?,9-/m1/s1. The van der Waals surface area contributed by atoms with E-state index >= 15 is 0 Å². The Balaban J connectivity index is 2.14. The second kappa shape index (κ2) is 3.96. The fourth-order valence-electron chi connectivity index (χ4n) is 1.90. The largest absolute Gasteiger partial charge is 0.391 e. The number of aliphatic hydroxyl groups excluding tert-OH is 1. The molecule has 72 valence electrons. The monoisotopic (exact) mass is 292 g/mol. The van der Waals surface area contributed by atoms with Gasteiger partial charge in [-0.15, -0.1) is 0 Å². The van der Waals surface area contributed by atoms with E-state index in [9.17, 15) is 5.11 Å². The van der Waals surface area contributed by atoms with Crippen LogP contribution in [0.1, 0.15) is 31.7 Å². The molecule has 0 saturated heterocycles. The number of rotatable bonds is 1. The van der Waals surface area contributed by atoms with Gasteiger partial charge in [0, 0.05) is 6.20 Å². The first kappa shape index (κ1) is 9.45. The summed E-state index contributed by atoms with van der Waals surface area (Å²) in [6.07, 6.45) is 7.96. The number of hydrogen-bond donors (Lipinski definition) is 1. The van der Waals surface area contributed by atoms with Gasteiger partial charge < -0.3 is 5.11 Å². The van der Waals surface area contributed by atoms with E-state index in [0.717, 1.165) is 22.8 Å². The van der Waals surface area contributed by atoms with E-state index in [1.54, 1.807) is 0 Å². The molecule has 1 aliphatic rings. The molecule has 3 nitrogen and oxygen atoms in total. The predicted molar refractivity (Wildman–Crippen MR) is 58.5 cm³/mol. The lowest BCUT2D eigenvalue weighted by Gasteiger charge is -2.27. The maximum absolute atomic E-state index is 9.77. The van der Waals surface area contributed by atoms with Gasteiger partial charge in [-0.1, -0.05) is 12.8 Å². The molecule has 1 fully saturated rings. The quantitative estimate of drug-likeness (QED) is 0.804. The molecule has 1 aromatic heterocycles. The lowest BCUT2D eigenvalue weighted by Crippen LogP contribution is -2.27. The third-order valence-electron chi connectivity index (χ3n) is 2.60. The van der Waals surface area contributed by atoms with Crippen molar-refractivity contribution in [2.24, 2.45) is 0 Å². The van der Waals surface area contributed by atoms with Crippen molar-refractivity contribution in [1.82, 2.24) is 9.78 Å². The molecule has 0 bridgehead atoms. The highest BCUT2D eigenvalue weighted by Gasteiger charge is 2.24. The van der Waals surface area contributed by atoms with Gasteiger partial charge in [0.25, 0.3) is 0 Å². The zero-order chi connectivity index (χ0) is 9.26. The Bertz CT molecular complexity index is 287. The van der Waals surface area contributed by atoms with Gasteiger partial charge in [0.05, 0.1) is 21.9 Å². The van der Waals surface area contributed by atoms with E-state index in [-0.39, 0.29) is 12.1 Å². The zero-order valence-electron chi connectivity index (χ0n) is 7.36. The summed E-state index contributed by atoms with van der Waals surface area (Å²) in [5, 5.41) is 14.0. The van der Waals surface area contributed by atoms with Crippen LogP contribution in [0, 0.1) is 3.57 Å². The first-order valence-electron chi connectivity index (χ1n) is 4.65. The highest BCUT2D eigenvalue weighted by atomic mass is 127. The summed E-state index contributed by atoms with van der Waals surface area (Å²) >= 11 is 2.24. The van der Waals surface area contributed by atoms with Crippen LogP contribution >= 0.6 is 22.6 Å². The van der Waals surface area contributed by atoms with Crippen molar-refractivity contribution >= 4 is 22.6 Å². The summed E-state index contributed by atoms with van der Waals surface area (Å²) in [5.41, 5.74) is 0. The van der Waals surface area contributed by atoms with Crippen molar-refractivity contribution in [3.05, 3.63) is 16.0 Å². The molecule has 13 heavy (non-hydrogen) atoms. The highest BCUT2D eigenvalue weighted by molar-refractivity contribution is 14.1. The molecule has 1 aromatic rings. The first-order chi connectivity index (χ1) is 6.27. The van der Waals surface area contributed by atoms with E-state index in [4.69, 9.17) is 0 Å². The van der Waals surface area contributed by atoms with Crippen molar-refractivity contribution in [1.29, 1.82) is 0 Å². The van der Waals surface area contributed by atoms with Crippen LogP contribution < -0.4 is 0 Å². The molecule has 0 aliphatic heterocycles. The Morgan fingerprint density at radius 1 is 1.46 bits per heavy atom. The number of halogens is 1. The minimum atomic E-state index is -0.204. The van der Waals surface area contributed by atoms with Gasteiger partial charge in [-0.2, -0.15) is 5.10 Å². The summed E-state index contributed by atoms with van der Waals surface area (Å²) in [7, 11) is 0.